The fraction of sp³-hybridized carbons (Fsp3) is 0.333. The van der Waals surface area contributed by atoms with Gasteiger partial charge in [0.25, 0.3) is 0 Å². The smallest absolute Gasteiger partial charge is 0.326 e. The van der Waals surface area contributed by atoms with Crippen LogP contribution in [0.2, 0.25) is 0 Å². The molecule has 9 heteroatoms. The highest BCUT2D eigenvalue weighted by Crippen LogP contribution is 2.65. The van der Waals surface area contributed by atoms with Gasteiger partial charge in [-0.2, -0.15) is 5.10 Å². The van der Waals surface area contributed by atoms with Gasteiger partial charge in [0.2, 0.25) is 0 Å². The van der Waals surface area contributed by atoms with Crippen molar-refractivity contribution in [3.05, 3.63) is 78.1 Å². The number of aromatic amines is 1. The summed E-state index contributed by atoms with van der Waals surface area (Å²) in [6.07, 6.45) is 1.82. The molecule has 33 heavy (non-hydrogen) atoms. The summed E-state index contributed by atoms with van der Waals surface area (Å²) in [5.41, 5.74) is 7.20. The first-order chi connectivity index (χ1) is 16.1. The van der Waals surface area contributed by atoms with E-state index in [1.165, 1.54) is 18.1 Å². The minimum absolute atomic E-state index is 0.0773. The van der Waals surface area contributed by atoms with E-state index in [1.54, 1.807) is 0 Å². The third-order valence-corrected chi connectivity index (χ3v) is 7.59. The first-order valence-corrected chi connectivity index (χ1v) is 11.7. The third kappa shape index (κ3) is 4.38. The molecule has 170 valence electrons. The van der Waals surface area contributed by atoms with Crippen molar-refractivity contribution in [3.8, 4) is 0 Å². The number of carbonyl (C=O) groups is 2. The van der Waals surface area contributed by atoms with Gasteiger partial charge in [-0.05, 0) is 23.5 Å². The normalized spacial score (nSPS) is 27.5. The lowest BCUT2D eigenvalue weighted by Crippen LogP contribution is -2.51. The number of ether oxygens (including phenoxy) is 2. The Hall–Kier alpha value is -3.17. The molecule has 3 N–H and O–H groups in total. The summed E-state index contributed by atoms with van der Waals surface area (Å²) < 4.78 is 11.2. The molecule has 2 aromatic carbocycles. The number of thioether (sulfide) groups is 1. The molecule has 1 aromatic heterocycles. The first kappa shape index (κ1) is 21.7. The number of rotatable bonds is 8. The van der Waals surface area contributed by atoms with Crippen molar-refractivity contribution in [1.82, 2.24) is 15.2 Å². The van der Waals surface area contributed by atoms with Crippen LogP contribution < -0.4 is 5.73 Å². The van der Waals surface area contributed by atoms with Gasteiger partial charge < -0.3 is 15.2 Å². The zero-order valence-electron chi connectivity index (χ0n) is 17.8. The van der Waals surface area contributed by atoms with Crippen molar-refractivity contribution in [3.63, 3.8) is 0 Å². The maximum absolute atomic E-state index is 13.1. The molecule has 2 saturated carbocycles. The van der Waals surface area contributed by atoms with Crippen molar-refractivity contribution in [2.45, 2.75) is 35.6 Å². The molecular weight excluding hydrogens is 440 g/mol. The fourth-order valence-corrected chi connectivity index (χ4v) is 6.14. The average molecular weight is 465 g/mol. The maximum atomic E-state index is 13.1. The highest BCUT2D eigenvalue weighted by Gasteiger charge is 2.74. The third-order valence-electron chi connectivity index (χ3n) is 6.38. The molecule has 0 aliphatic heterocycles. The number of carbonyl (C=O) groups excluding carboxylic acids is 2. The van der Waals surface area contributed by atoms with Crippen LogP contribution in [-0.4, -0.2) is 37.9 Å². The predicted molar refractivity (Wildman–Crippen MR) is 121 cm³/mol. The average Bonchev–Trinajstić information content (AvgIpc) is 3.27. The molecule has 8 nitrogen and oxygen atoms in total. The number of nitrogens with zero attached hydrogens (tertiary/aromatic N) is 2. The minimum atomic E-state index is -1.26. The SMILES string of the molecule is N[C@@]1(C(=O)OCc2ccccc2)C[C@@H](Sc2ncn[nH]2)[C@H]2[C@H](C(=O)OCc3ccccc3)[C@H]21. The van der Waals surface area contributed by atoms with E-state index in [4.69, 9.17) is 15.2 Å². The zero-order chi connectivity index (χ0) is 22.8. The van der Waals surface area contributed by atoms with Crippen LogP contribution in [0.4, 0.5) is 0 Å². The Balaban J connectivity index is 1.30. The Kier molecular flexibility index (Phi) is 5.90. The lowest BCUT2D eigenvalue weighted by Gasteiger charge is -2.27. The van der Waals surface area contributed by atoms with Crippen LogP contribution in [0.15, 0.2) is 72.1 Å². The molecule has 5 rings (SSSR count). The lowest BCUT2D eigenvalue weighted by molar-refractivity contribution is -0.153. The van der Waals surface area contributed by atoms with Gasteiger partial charge in [-0.25, -0.2) is 4.98 Å². The second-order valence-electron chi connectivity index (χ2n) is 8.48. The number of nitrogens with two attached hydrogens (primary N) is 1. The van der Waals surface area contributed by atoms with Gasteiger partial charge in [0, 0.05) is 11.2 Å². The Morgan fingerprint density at radius 2 is 1.67 bits per heavy atom. The quantitative estimate of drug-likeness (QED) is 0.488. The molecule has 0 bridgehead atoms. The summed E-state index contributed by atoms with van der Waals surface area (Å²) in [5.74, 6) is -1.68. The molecule has 3 aromatic rings. The second kappa shape index (κ2) is 8.99. The predicted octanol–water partition coefficient (Wildman–Crippen LogP) is 2.72. The van der Waals surface area contributed by atoms with Crippen molar-refractivity contribution >= 4 is 23.7 Å². The van der Waals surface area contributed by atoms with E-state index in [9.17, 15) is 9.59 Å². The molecular formula is C24H24N4O4S. The highest BCUT2D eigenvalue weighted by atomic mass is 32.2. The van der Waals surface area contributed by atoms with Crippen LogP contribution in [0.3, 0.4) is 0 Å². The van der Waals surface area contributed by atoms with Crippen LogP contribution in [-0.2, 0) is 32.3 Å². The summed E-state index contributed by atoms with van der Waals surface area (Å²) in [4.78, 5) is 30.3. The van der Waals surface area contributed by atoms with Crippen LogP contribution in [0.1, 0.15) is 17.5 Å². The lowest BCUT2D eigenvalue weighted by atomic mass is 9.91. The summed E-state index contributed by atoms with van der Waals surface area (Å²) >= 11 is 1.45. The van der Waals surface area contributed by atoms with E-state index in [1.807, 2.05) is 60.7 Å². The number of nitrogens with one attached hydrogen (secondary N) is 1. The van der Waals surface area contributed by atoms with E-state index < -0.39 is 17.4 Å². The minimum Gasteiger partial charge on any atom is -0.461 e. The second-order valence-corrected chi connectivity index (χ2v) is 9.70. The molecule has 1 heterocycles. The van der Waals surface area contributed by atoms with Crippen LogP contribution in [0.5, 0.6) is 0 Å². The summed E-state index contributed by atoms with van der Waals surface area (Å²) in [6.45, 7) is 0.324. The molecule has 2 aliphatic carbocycles. The van der Waals surface area contributed by atoms with E-state index in [-0.39, 0.29) is 36.3 Å². The summed E-state index contributed by atoms with van der Waals surface area (Å²) in [7, 11) is 0. The van der Waals surface area contributed by atoms with E-state index in [0.29, 0.717) is 11.6 Å². The highest BCUT2D eigenvalue weighted by molar-refractivity contribution is 7.99. The van der Waals surface area contributed by atoms with E-state index >= 15 is 0 Å². The van der Waals surface area contributed by atoms with Crippen LogP contribution in [0.25, 0.3) is 0 Å². The van der Waals surface area contributed by atoms with Gasteiger partial charge in [0.05, 0.1) is 5.92 Å². The van der Waals surface area contributed by atoms with Gasteiger partial charge in [-0.1, -0.05) is 72.4 Å². The number of hydrogen-bond donors (Lipinski definition) is 2. The van der Waals surface area contributed by atoms with Crippen molar-refractivity contribution in [2.75, 3.05) is 0 Å². The van der Waals surface area contributed by atoms with Crippen LogP contribution >= 0.6 is 11.8 Å². The van der Waals surface area contributed by atoms with E-state index in [0.717, 1.165) is 11.1 Å². The van der Waals surface area contributed by atoms with Crippen LogP contribution in [0, 0.1) is 17.8 Å². The number of hydrogen-bond acceptors (Lipinski definition) is 8. The molecule has 0 saturated heterocycles. The van der Waals surface area contributed by atoms with Crippen molar-refractivity contribution in [2.24, 2.45) is 23.5 Å². The topological polar surface area (TPSA) is 120 Å². The maximum Gasteiger partial charge on any atom is 0.326 e. The van der Waals surface area contributed by atoms with Gasteiger partial charge >= 0.3 is 11.9 Å². The van der Waals surface area contributed by atoms with Crippen molar-refractivity contribution < 1.29 is 19.1 Å². The Morgan fingerprint density at radius 1 is 1.03 bits per heavy atom. The molecule has 0 radical (unpaired) electrons. The largest absolute Gasteiger partial charge is 0.461 e. The van der Waals surface area contributed by atoms with Crippen molar-refractivity contribution in [1.29, 1.82) is 0 Å². The molecule has 0 amide bonds. The Bertz CT molecular complexity index is 1110. The number of aromatic nitrogens is 3. The van der Waals surface area contributed by atoms with Gasteiger partial charge in [-0.3, -0.25) is 14.7 Å². The van der Waals surface area contributed by atoms with Gasteiger partial charge in [-0.15, -0.1) is 0 Å². The number of H-pyrrole nitrogens is 1. The molecule has 0 spiro atoms. The Labute approximate surface area is 195 Å². The molecule has 2 fully saturated rings. The van der Waals surface area contributed by atoms with Gasteiger partial charge in [0.15, 0.2) is 5.16 Å². The standard InChI is InChI=1S/C24H24N4O4S/c25-24(22(30)32-13-16-9-5-2-6-10-16)11-17(33-23-26-14-27-28-23)18-19(20(18)24)21(29)31-12-15-7-3-1-4-8-15/h1-10,14,17-20H,11-13,25H2,(H,26,27,28)/t17-,18+,19+,20+,24+/m1/s1. The molecule has 2 aliphatic rings. The number of fused-ring (bicyclic) bond motifs is 1. The fourth-order valence-electron chi connectivity index (χ4n) is 4.79. The Morgan fingerprint density at radius 3 is 2.27 bits per heavy atom. The summed E-state index contributed by atoms with van der Waals surface area (Å²) in [6, 6.07) is 18.9. The first-order valence-electron chi connectivity index (χ1n) is 10.8. The molecule has 5 atom stereocenters. The number of esters is 2. The molecule has 0 unspecified atom stereocenters. The monoisotopic (exact) mass is 464 g/mol. The van der Waals surface area contributed by atoms with Gasteiger partial charge in [0.1, 0.15) is 25.1 Å². The zero-order valence-corrected chi connectivity index (χ0v) is 18.6. The summed E-state index contributed by atoms with van der Waals surface area (Å²) in [5, 5.41) is 7.26. The van der Waals surface area contributed by atoms with E-state index in [2.05, 4.69) is 15.2 Å². The number of benzene rings is 2.